The number of hydrogen-bond acceptors (Lipinski definition) is 3. The maximum absolute atomic E-state index is 11.5. The fourth-order valence-corrected chi connectivity index (χ4v) is 1.05. The van der Waals surface area contributed by atoms with Gasteiger partial charge in [-0.2, -0.15) is 0 Å². The molecule has 0 aromatic carbocycles. The molecule has 0 bridgehead atoms. The molecule has 0 amide bonds. The van der Waals surface area contributed by atoms with Crippen molar-refractivity contribution in [2.45, 2.75) is 32.7 Å². The Labute approximate surface area is 84.5 Å². The van der Waals surface area contributed by atoms with E-state index in [1.54, 1.807) is 12.5 Å². The largest absolute Gasteiger partial charge is 0.472 e. The average Bonchev–Trinajstić information content (AvgIpc) is 2.52. The van der Waals surface area contributed by atoms with Gasteiger partial charge in [-0.25, -0.2) is 0 Å². The Bertz CT molecular complexity index is 283. The van der Waals surface area contributed by atoms with E-state index in [0.29, 0.717) is 13.0 Å². The molecule has 14 heavy (non-hydrogen) atoms. The van der Waals surface area contributed by atoms with Crippen LogP contribution >= 0.6 is 0 Å². The molecule has 3 nitrogen and oxygen atoms in total. The van der Waals surface area contributed by atoms with E-state index in [9.17, 15) is 4.79 Å². The van der Waals surface area contributed by atoms with Gasteiger partial charge in [0.2, 0.25) is 0 Å². The molecule has 1 rings (SSSR count). The first-order valence-electron chi connectivity index (χ1n) is 4.75. The van der Waals surface area contributed by atoms with Crippen LogP contribution in [0.25, 0.3) is 0 Å². The van der Waals surface area contributed by atoms with Crippen molar-refractivity contribution in [1.82, 2.24) is 5.32 Å². The Morgan fingerprint density at radius 2 is 2.21 bits per heavy atom. The number of carbonyl (C=O) groups is 1. The van der Waals surface area contributed by atoms with Crippen LogP contribution in [0.4, 0.5) is 0 Å². The molecule has 0 fully saturated rings. The van der Waals surface area contributed by atoms with Gasteiger partial charge in [0.15, 0.2) is 5.78 Å². The normalized spacial score (nSPS) is 11.6. The number of nitrogens with one attached hydrogen (secondary N) is 1. The first kappa shape index (κ1) is 11.0. The summed E-state index contributed by atoms with van der Waals surface area (Å²) in [5, 5.41) is 3.15. The van der Waals surface area contributed by atoms with Crippen LogP contribution in [0.2, 0.25) is 0 Å². The second kappa shape index (κ2) is 4.42. The van der Waals surface area contributed by atoms with Crippen molar-refractivity contribution >= 4 is 5.78 Å². The van der Waals surface area contributed by atoms with Gasteiger partial charge in [0, 0.05) is 12.0 Å². The maximum atomic E-state index is 11.5. The van der Waals surface area contributed by atoms with Crippen molar-refractivity contribution in [3.63, 3.8) is 0 Å². The predicted molar refractivity (Wildman–Crippen MR) is 55.2 cm³/mol. The van der Waals surface area contributed by atoms with Gasteiger partial charge >= 0.3 is 0 Å². The smallest absolute Gasteiger partial charge is 0.151 e. The highest BCUT2D eigenvalue weighted by Crippen LogP contribution is 2.02. The van der Waals surface area contributed by atoms with Crippen LogP contribution in [0.3, 0.4) is 0 Å². The van der Waals surface area contributed by atoms with E-state index in [-0.39, 0.29) is 11.3 Å². The van der Waals surface area contributed by atoms with E-state index in [1.165, 1.54) is 0 Å². The van der Waals surface area contributed by atoms with Crippen molar-refractivity contribution in [1.29, 1.82) is 0 Å². The summed E-state index contributed by atoms with van der Waals surface area (Å²) in [6.45, 7) is 6.53. The molecule has 0 spiro atoms. The lowest BCUT2D eigenvalue weighted by atomic mass is 10.1. The van der Waals surface area contributed by atoms with Gasteiger partial charge in [-0.05, 0) is 32.4 Å². The molecule has 0 radical (unpaired) electrons. The zero-order valence-corrected chi connectivity index (χ0v) is 8.96. The van der Waals surface area contributed by atoms with Gasteiger partial charge in [0.25, 0.3) is 0 Å². The molecule has 0 aliphatic rings. The van der Waals surface area contributed by atoms with Gasteiger partial charge in [-0.15, -0.1) is 0 Å². The zero-order valence-electron chi connectivity index (χ0n) is 8.96. The molecule has 0 saturated carbocycles. The summed E-state index contributed by atoms with van der Waals surface area (Å²) >= 11 is 0. The summed E-state index contributed by atoms with van der Waals surface area (Å²) < 4.78 is 4.89. The number of ketones is 1. The van der Waals surface area contributed by atoms with Crippen molar-refractivity contribution in [3.8, 4) is 0 Å². The SMILES string of the molecule is CC(C)(C)NCC(=O)Cc1ccoc1. The Morgan fingerprint density at radius 1 is 1.50 bits per heavy atom. The maximum Gasteiger partial charge on any atom is 0.151 e. The van der Waals surface area contributed by atoms with Crippen molar-refractivity contribution in [2.24, 2.45) is 0 Å². The van der Waals surface area contributed by atoms with Crippen molar-refractivity contribution in [2.75, 3.05) is 6.54 Å². The van der Waals surface area contributed by atoms with Crippen LogP contribution in [0.15, 0.2) is 23.0 Å². The molecule has 1 aromatic rings. The average molecular weight is 195 g/mol. The lowest BCUT2D eigenvalue weighted by Gasteiger charge is -2.19. The monoisotopic (exact) mass is 195 g/mol. The standard InChI is InChI=1S/C11H17NO2/c1-11(2,3)12-7-10(13)6-9-4-5-14-8-9/h4-5,8,12H,6-7H2,1-3H3. The predicted octanol–water partition coefficient (Wildman–Crippen LogP) is 1.78. The second-order valence-corrected chi connectivity index (χ2v) is 4.45. The van der Waals surface area contributed by atoms with Crippen LogP contribution in [-0.2, 0) is 11.2 Å². The van der Waals surface area contributed by atoms with E-state index in [0.717, 1.165) is 5.56 Å². The minimum absolute atomic E-state index is 0.00788. The van der Waals surface area contributed by atoms with Gasteiger partial charge < -0.3 is 9.73 Å². The van der Waals surface area contributed by atoms with Gasteiger partial charge in [-0.3, -0.25) is 4.79 Å². The number of furan rings is 1. The molecule has 1 aromatic heterocycles. The minimum Gasteiger partial charge on any atom is -0.472 e. The Hall–Kier alpha value is -1.09. The summed E-state index contributed by atoms with van der Waals surface area (Å²) in [5.74, 6) is 0.182. The molecule has 1 heterocycles. The minimum atomic E-state index is -0.00788. The summed E-state index contributed by atoms with van der Waals surface area (Å²) in [7, 11) is 0. The van der Waals surface area contributed by atoms with E-state index in [4.69, 9.17) is 4.42 Å². The molecule has 78 valence electrons. The molecule has 0 saturated heterocycles. The fourth-order valence-electron chi connectivity index (χ4n) is 1.05. The third-order valence-corrected chi connectivity index (χ3v) is 1.80. The van der Waals surface area contributed by atoms with Gasteiger partial charge in [-0.1, -0.05) is 0 Å². The highest BCUT2D eigenvalue weighted by atomic mass is 16.3. The molecule has 0 unspecified atom stereocenters. The van der Waals surface area contributed by atoms with Crippen molar-refractivity contribution < 1.29 is 9.21 Å². The Balaban J connectivity index is 2.30. The quantitative estimate of drug-likeness (QED) is 0.796. The molecule has 1 N–H and O–H groups in total. The van der Waals surface area contributed by atoms with Crippen molar-refractivity contribution in [3.05, 3.63) is 24.2 Å². The van der Waals surface area contributed by atoms with E-state index in [2.05, 4.69) is 5.32 Å². The molecular weight excluding hydrogens is 178 g/mol. The fraction of sp³-hybridized carbons (Fsp3) is 0.545. The van der Waals surface area contributed by atoms with Crippen LogP contribution < -0.4 is 5.32 Å². The summed E-state index contributed by atoms with van der Waals surface area (Å²) in [6, 6.07) is 1.81. The second-order valence-electron chi connectivity index (χ2n) is 4.45. The van der Waals surface area contributed by atoms with E-state index < -0.39 is 0 Å². The summed E-state index contributed by atoms with van der Waals surface area (Å²) in [4.78, 5) is 11.5. The number of hydrogen-bond donors (Lipinski definition) is 1. The number of Topliss-reactive ketones (excluding diaryl/α,β-unsaturated/α-hetero) is 1. The topological polar surface area (TPSA) is 42.2 Å². The van der Waals surface area contributed by atoms with Crippen LogP contribution in [-0.4, -0.2) is 17.9 Å². The van der Waals surface area contributed by atoms with Crippen LogP contribution in [0, 0.1) is 0 Å². The Kier molecular flexibility index (Phi) is 3.47. The molecule has 0 aliphatic carbocycles. The first-order valence-corrected chi connectivity index (χ1v) is 4.75. The molecule has 0 atom stereocenters. The van der Waals surface area contributed by atoms with Gasteiger partial charge in [0.05, 0.1) is 19.1 Å². The zero-order chi connectivity index (χ0) is 10.6. The first-order chi connectivity index (χ1) is 6.47. The van der Waals surface area contributed by atoms with Crippen LogP contribution in [0.1, 0.15) is 26.3 Å². The van der Waals surface area contributed by atoms with Gasteiger partial charge in [0.1, 0.15) is 0 Å². The number of carbonyl (C=O) groups excluding carboxylic acids is 1. The third-order valence-electron chi connectivity index (χ3n) is 1.80. The highest BCUT2D eigenvalue weighted by molar-refractivity contribution is 5.82. The van der Waals surface area contributed by atoms with E-state index >= 15 is 0 Å². The number of rotatable bonds is 4. The highest BCUT2D eigenvalue weighted by Gasteiger charge is 2.11. The lowest BCUT2D eigenvalue weighted by Crippen LogP contribution is -2.39. The summed E-state index contributed by atoms with van der Waals surface area (Å²) in [5.41, 5.74) is 0.928. The lowest BCUT2D eigenvalue weighted by molar-refractivity contribution is -0.117. The summed E-state index contributed by atoms with van der Waals surface area (Å²) in [6.07, 6.45) is 3.63. The Morgan fingerprint density at radius 3 is 2.71 bits per heavy atom. The molecule has 0 aliphatic heterocycles. The van der Waals surface area contributed by atoms with E-state index in [1.807, 2.05) is 26.8 Å². The molecular formula is C11H17NO2. The molecule has 3 heteroatoms. The van der Waals surface area contributed by atoms with Crippen LogP contribution in [0.5, 0.6) is 0 Å². The third kappa shape index (κ3) is 4.23.